The number of aromatic amines is 1. The highest BCUT2D eigenvalue weighted by Gasteiger charge is 2.34. The zero-order chi connectivity index (χ0) is 23.0. The van der Waals surface area contributed by atoms with Gasteiger partial charge in [0.15, 0.2) is 11.6 Å². The summed E-state index contributed by atoms with van der Waals surface area (Å²) in [6.07, 6.45) is 2.05. The van der Waals surface area contributed by atoms with E-state index in [-0.39, 0.29) is 34.4 Å². The smallest absolute Gasteiger partial charge is 0.261 e. The van der Waals surface area contributed by atoms with Crippen molar-refractivity contribution in [2.45, 2.75) is 39.5 Å². The molecule has 0 bridgehead atoms. The molecule has 32 heavy (non-hydrogen) atoms. The van der Waals surface area contributed by atoms with E-state index in [0.29, 0.717) is 61.3 Å². The monoisotopic (exact) mass is 436 g/mol. The molecule has 1 N–H and O–H groups in total. The zero-order valence-electron chi connectivity index (χ0n) is 18.7. The number of pyridine rings is 1. The highest BCUT2D eigenvalue weighted by Crippen LogP contribution is 2.33. The maximum atomic E-state index is 13.1. The molecule has 0 saturated carbocycles. The van der Waals surface area contributed by atoms with Crippen LogP contribution in [-0.2, 0) is 6.42 Å². The topological polar surface area (TPSA) is 96.5 Å². The maximum absolute atomic E-state index is 13.1. The van der Waals surface area contributed by atoms with Crippen LogP contribution in [0.3, 0.4) is 0 Å². The van der Waals surface area contributed by atoms with Crippen LogP contribution in [0.5, 0.6) is 5.75 Å². The average Bonchev–Trinajstić information content (AvgIpc) is 2.77. The summed E-state index contributed by atoms with van der Waals surface area (Å²) >= 11 is 0. The van der Waals surface area contributed by atoms with E-state index in [0.717, 1.165) is 0 Å². The Hall–Kier alpha value is -3.22. The maximum Gasteiger partial charge on any atom is 0.261 e. The van der Waals surface area contributed by atoms with E-state index in [4.69, 9.17) is 4.74 Å². The number of piperidine rings is 1. The number of ketones is 2. The Morgan fingerprint density at radius 3 is 2.34 bits per heavy atom. The summed E-state index contributed by atoms with van der Waals surface area (Å²) in [4.78, 5) is 55.4. The largest absolute Gasteiger partial charge is 0.497 e. The summed E-state index contributed by atoms with van der Waals surface area (Å²) in [6, 6.07) is 8.49. The van der Waals surface area contributed by atoms with E-state index >= 15 is 0 Å². The number of likely N-dealkylation sites (tertiary alicyclic amines) is 1. The van der Waals surface area contributed by atoms with E-state index < -0.39 is 5.56 Å². The van der Waals surface area contributed by atoms with Gasteiger partial charge in [0.1, 0.15) is 11.3 Å². The predicted molar refractivity (Wildman–Crippen MR) is 119 cm³/mol. The first-order chi connectivity index (χ1) is 15.2. The molecule has 7 nitrogen and oxygen atoms in total. The molecule has 1 aromatic heterocycles. The highest BCUT2D eigenvalue weighted by atomic mass is 16.5. The number of amides is 1. The number of aromatic nitrogens is 1. The van der Waals surface area contributed by atoms with E-state index in [1.807, 2.05) is 13.8 Å². The molecule has 168 valence electrons. The van der Waals surface area contributed by atoms with Crippen LogP contribution in [0.4, 0.5) is 0 Å². The minimum Gasteiger partial charge on any atom is -0.497 e. The molecule has 4 rings (SSSR count). The lowest BCUT2D eigenvalue weighted by atomic mass is 9.75. The van der Waals surface area contributed by atoms with Gasteiger partial charge in [-0.15, -0.1) is 0 Å². The van der Waals surface area contributed by atoms with Crippen LogP contribution in [0.25, 0.3) is 0 Å². The number of carbonyl (C=O) groups is 3. The van der Waals surface area contributed by atoms with Gasteiger partial charge in [-0.25, -0.2) is 0 Å². The number of benzene rings is 1. The van der Waals surface area contributed by atoms with Gasteiger partial charge in [-0.3, -0.25) is 19.2 Å². The predicted octanol–water partition coefficient (Wildman–Crippen LogP) is 3.27. The van der Waals surface area contributed by atoms with Gasteiger partial charge in [0.25, 0.3) is 11.5 Å². The molecule has 0 radical (unpaired) electrons. The second-order valence-corrected chi connectivity index (χ2v) is 9.50. The van der Waals surface area contributed by atoms with Crippen molar-refractivity contribution in [3.05, 3.63) is 63.1 Å². The fourth-order valence-electron chi connectivity index (χ4n) is 4.69. The summed E-state index contributed by atoms with van der Waals surface area (Å²) in [5.41, 5.74) is 1.00. The molecule has 0 spiro atoms. The molecule has 0 atom stereocenters. The molecular weight excluding hydrogens is 408 g/mol. The summed E-state index contributed by atoms with van der Waals surface area (Å²) in [7, 11) is 1.58. The number of H-pyrrole nitrogens is 1. The number of fused-ring (bicyclic) bond motifs is 1. The van der Waals surface area contributed by atoms with E-state index in [9.17, 15) is 19.2 Å². The van der Waals surface area contributed by atoms with Crippen LogP contribution in [0.15, 0.2) is 35.1 Å². The Morgan fingerprint density at radius 2 is 1.72 bits per heavy atom. The SMILES string of the molecule is COc1ccc(C(=O)C2CCN(C(=O)c3cc4c([nH]c3=O)CC(C)(C)CC4=O)CC2)cc1. The molecule has 2 heterocycles. The van der Waals surface area contributed by atoms with Crippen LogP contribution < -0.4 is 10.3 Å². The summed E-state index contributed by atoms with van der Waals surface area (Å²) in [5, 5.41) is 0. The Kier molecular flexibility index (Phi) is 5.75. The fourth-order valence-corrected chi connectivity index (χ4v) is 4.69. The van der Waals surface area contributed by atoms with Crippen LogP contribution in [0.1, 0.15) is 69.9 Å². The fraction of sp³-hybridized carbons (Fsp3) is 0.440. The van der Waals surface area contributed by atoms with Crippen molar-refractivity contribution in [1.29, 1.82) is 0 Å². The number of Topliss-reactive ketones (excluding diaryl/α,β-unsaturated/α-hetero) is 2. The first-order valence-corrected chi connectivity index (χ1v) is 11.0. The zero-order valence-corrected chi connectivity index (χ0v) is 18.7. The molecule has 0 unspecified atom stereocenters. The highest BCUT2D eigenvalue weighted by molar-refractivity contribution is 6.02. The number of nitrogens with zero attached hydrogens (tertiary/aromatic N) is 1. The third-order valence-corrected chi connectivity index (χ3v) is 6.48. The quantitative estimate of drug-likeness (QED) is 0.742. The Bertz CT molecular complexity index is 1120. The molecule has 2 aromatic rings. The van der Waals surface area contributed by atoms with E-state index in [2.05, 4.69) is 4.98 Å². The second kappa shape index (κ2) is 8.37. The number of nitrogens with one attached hydrogen (secondary N) is 1. The first kappa shape index (κ1) is 22.0. The van der Waals surface area contributed by atoms with Gasteiger partial charge in [0.2, 0.25) is 0 Å². The van der Waals surface area contributed by atoms with Crippen molar-refractivity contribution >= 4 is 17.5 Å². The minimum absolute atomic E-state index is 0.00302. The Balaban J connectivity index is 1.46. The van der Waals surface area contributed by atoms with Crippen molar-refractivity contribution in [3.8, 4) is 5.75 Å². The normalized spacial score (nSPS) is 18.2. The van der Waals surface area contributed by atoms with Crippen molar-refractivity contribution in [2.24, 2.45) is 11.3 Å². The third kappa shape index (κ3) is 4.24. The lowest BCUT2D eigenvalue weighted by molar-refractivity contribution is 0.0648. The standard InChI is InChI=1S/C25H28N2O5/c1-25(2)13-20-18(21(28)14-25)12-19(23(30)26-20)24(31)27-10-8-16(9-11-27)22(29)15-4-6-17(32-3)7-5-15/h4-7,12,16H,8-11,13-14H2,1-3H3,(H,26,30). The number of ether oxygens (including phenoxy) is 1. The van der Waals surface area contributed by atoms with E-state index in [1.165, 1.54) is 6.07 Å². The molecule has 1 saturated heterocycles. The molecule has 1 fully saturated rings. The molecular formula is C25H28N2O5. The van der Waals surface area contributed by atoms with Crippen LogP contribution >= 0.6 is 0 Å². The number of rotatable bonds is 4. The van der Waals surface area contributed by atoms with Crippen molar-refractivity contribution < 1.29 is 19.1 Å². The van der Waals surface area contributed by atoms with Crippen molar-refractivity contribution in [3.63, 3.8) is 0 Å². The molecule has 7 heteroatoms. The van der Waals surface area contributed by atoms with Crippen molar-refractivity contribution in [1.82, 2.24) is 9.88 Å². The van der Waals surface area contributed by atoms with Crippen LogP contribution in [0.2, 0.25) is 0 Å². The number of hydrogen-bond acceptors (Lipinski definition) is 5. The Morgan fingerprint density at radius 1 is 1.06 bits per heavy atom. The van der Waals surface area contributed by atoms with E-state index in [1.54, 1.807) is 36.3 Å². The summed E-state index contributed by atoms with van der Waals surface area (Å²) < 4.78 is 5.13. The number of carbonyl (C=O) groups excluding carboxylic acids is 3. The van der Waals surface area contributed by atoms with Gasteiger partial charge < -0.3 is 14.6 Å². The molecule has 1 aliphatic carbocycles. The molecule has 1 aliphatic heterocycles. The first-order valence-electron chi connectivity index (χ1n) is 11.0. The minimum atomic E-state index is -0.462. The van der Waals surface area contributed by atoms with Crippen LogP contribution in [0, 0.1) is 11.3 Å². The Labute approximate surface area is 186 Å². The summed E-state index contributed by atoms with van der Waals surface area (Å²) in [6.45, 7) is 4.76. The van der Waals surface area contributed by atoms with Gasteiger partial charge in [0.05, 0.1) is 7.11 Å². The lowest BCUT2D eigenvalue weighted by Crippen LogP contribution is -2.42. The van der Waals surface area contributed by atoms with Gasteiger partial charge in [-0.2, -0.15) is 0 Å². The van der Waals surface area contributed by atoms with Crippen molar-refractivity contribution in [2.75, 3.05) is 20.2 Å². The number of hydrogen-bond donors (Lipinski definition) is 1. The van der Waals surface area contributed by atoms with Gasteiger partial charge >= 0.3 is 0 Å². The molecule has 1 amide bonds. The average molecular weight is 437 g/mol. The molecule has 2 aliphatic rings. The lowest BCUT2D eigenvalue weighted by Gasteiger charge is -2.32. The second-order valence-electron chi connectivity index (χ2n) is 9.50. The van der Waals surface area contributed by atoms with Gasteiger partial charge in [-0.05, 0) is 55.0 Å². The number of methoxy groups -OCH3 is 1. The third-order valence-electron chi connectivity index (χ3n) is 6.48. The summed E-state index contributed by atoms with van der Waals surface area (Å²) in [5.74, 6) is 0.143. The van der Waals surface area contributed by atoms with Gasteiger partial charge in [0, 0.05) is 42.2 Å². The van der Waals surface area contributed by atoms with Gasteiger partial charge in [-0.1, -0.05) is 13.8 Å². The van der Waals surface area contributed by atoms with Crippen LogP contribution in [-0.4, -0.2) is 47.6 Å². The molecule has 1 aromatic carbocycles.